The molecule has 2 aromatic rings. The van der Waals surface area contributed by atoms with Crippen LogP contribution in [0.4, 0.5) is 5.69 Å². The summed E-state index contributed by atoms with van der Waals surface area (Å²) in [6.07, 6.45) is 0. The number of aliphatic hydroxyl groups is 1. The Morgan fingerprint density at radius 1 is 1.39 bits per heavy atom. The van der Waals surface area contributed by atoms with Crippen LogP contribution in [0, 0.1) is 0 Å². The molecule has 0 aliphatic carbocycles. The largest absolute Gasteiger partial charge is 0.489 e. The Bertz CT molecular complexity index is 748. The number of carbonyl (C=O) groups excluding carboxylic acids is 1. The van der Waals surface area contributed by atoms with Crippen molar-refractivity contribution in [1.29, 1.82) is 0 Å². The summed E-state index contributed by atoms with van der Waals surface area (Å²) in [6.45, 7) is 3.38. The summed E-state index contributed by atoms with van der Waals surface area (Å²) in [4.78, 5) is 13.6. The zero-order chi connectivity index (χ0) is 16.8. The molecular formula is C16H19N3O4. The van der Waals surface area contributed by atoms with Crippen LogP contribution < -0.4 is 15.4 Å². The number of nitrogens with two attached hydrogens (primary N) is 1. The van der Waals surface area contributed by atoms with E-state index in [4.69, 9.17) is 15.0 Å². The summed E-state index contributed by atoms with van der Waals surface area (Å²) in [7, 11) is 1.66. The molecule has 0 fully saturated rings. The third kappa shape index (κ3) is 2.80. The lowest BCUT2D eigenvalue weighted by atomic mass is 10.0. The fraction of sp³-hybridized carbons (Fsp3) is 0.375. The molecule has 0 unspecified atom stereocenters. The molecule has 0 spiro atoms. The highest BCUT2D eigenvalue weighted by molar-refractivity contribution is 5.99. The predicted octanol–water partition coefficient (Wildman–Crippen LogP) is 1.25. The number of carbonyl (C=O) groups is 1. The van der Waals surface area contributed by atoms with Gasteiger partial charge in [0.05, 0.1) is 5.69 Å². The van der Waals surface area contributed by atoms with E-state index < -0.39 is 11.6 Å². The average Bonchev–Trinajstić information content (AvgIpc) is 2.97. The number of benzene rings is 1. The Morgan fingerprint density at radius 3 is 2.78 bits per heavy atom. The van der Waals surface area contributed by atoms with Gasteiger partial charge in [-0.3, -0.25) is 4.79 Å². The molecule has 1 aromatic carbocycles. The summed E-state index contributed by atoms with van der Waals surface area (Å²) in [5.74, 6) is 0.743. The van der Waals surface area contributed by atoms with Crippen molar-refractivity contribution in [3.05, 3.63) is 30.0 Å². The molecule has 1 aliphatic rings. The van der Waals surface area contributed by atoms with Gasteiger partial charge in [-0.05, 0) is 32.0 Å². The molecule has 3 rings (SSSR count). The van der Waals surface area contributed by atoms with Gasteiger partial charge in [0, 0.05) is 18.7 Å². The fourth-order valence-electron chi connectivity index (χ4n) is 2.38. The van der Waals surface area contributed by atoms with Crippen LogP contribution in [-0.2, 0) is 10.4 Å². The standard InChI is InChI=1S/C16H19N3O4/c1-16(2,21)14-7-11(18-23-14)9-4-5-13-12(6-9)19(3)15(20)10(17)8-22-13/h4-7,10,21H,8,17H2,1-3H3/t10-/m0/s1. The van der Waals surface area contributed by atoms with Gasteiger partial charge >= 0.3 is 0 Å². The molecule has 1 amide bonds. The van der Waals surface area contributed by atoms with E-state index in [9.17, 15) is 9.90 Å². The third-order valence-electron chi connectivity index (χ3n) is 3.80. The molecule has 2 heterocycles. The number of nitrogens with zero attached hydrogens (tertiary/aromatic N) is 2. The van der Waals surface area contributed by atoms with Gasteiger partial charge in [-0.15, -0.1) is 0 Å². The number of likely N-dealkylation sites (N-methyl/N-ethyl adjacent to an activating group) is 1. The molecule has 1 atom stereocenters. The molecular weight excluding hydrogens is 298 g/mol. The zero-order valence-corrected chi connectivity index (χ0v) is 13.2. The maximum atomic E-state index is 12.1. The molecule has 1 aliphatic heterocycles. The first-order valence-electron chi connectivity index (χ1n) is 7.27. The first kappa shape index (κ1) is 15.5. The van der Waals surface area contributed by atoms with E-state index in [2.05, 4.69) is 5.16 Å². The van der Waals surface area contributed by atoms with Gasteiger partial charge < -0.3 is 25.0 Å². The van der Waals surface area contributed by atoms with Gasteiger partial charge in [-0.1, -0.05) is 5.16 Å². The summed E-state index contributed by atoms with van der Waals surface area (Å²) in [6, 6.07) is 6.36. The minimum atomic E-state index is -1.11. The second-order valence-corrected chi connectivity index (χ2v) is 6.13. The van der Waals surface area contributed by atoms with Crippen molar-refractivity contribution < 1.29 is 19.2 Å². The van der Waals surface area contributed by atoms with E-state index in [-0.39, 0.29) is 12.5 Å². The molecule has 0 bridgehead atoms. The molecule has 7 nitrogen and oxygen atoms in total. The van der Waals surface area contributed by atoms with E-state index in [1.165, 1.54) is 4.90 Å². The maximum absolute atomic E-state index is 12.1. The van der Waals surface area contributed by atoms with Gasteiger partial charge in [-0.2, -0.15) is 0 Å². The van der Waals surface area contributed by atoms with Crippen LogP contribution in [0.5, 0.6) is 5.75 Å². The Morgan fingerprint density at radius 2 is 2.13 bits per heavy atom. The summed E-state index contributed by atoms with van der Waals surface area (Å²) >= 11 is 0. The van der Waals surface area contributed by atoms with E-state index in [1.807, 2.05) is 6.07 Å². The number of anilines is 1. The zero-order valence-electron chi connectivity index (χ0n) is 13.2. The highest BCUT2D eigenvalue weighted by Crippen LogP contribution is 2.35. The Kier molecular flexibility index (Phi) is 3.62. The smallest absolute Gasteiger partial charge is 0.247 e. The van der Waals surface area contributed by atoms with Gasteiger partial charge in [0.15, 0.2) is 5.76 Å². The van der Waals surface area contributed by atoms with Crippen molar-refractivity contribution in [3.63, 3.8) is 0 Å². The van der Waals surface area contributed by atoms with E-state index in [1.54, 1.807) is 39.1 Å². The summed E-state index contributed by atoms with van der Waals surface area (Å²) in [5, 5.41) is 13.9. The fourth-order valence-corrected chi connectivity index (χ4v) is 2.38. The summed E-state index contributed by atoms with van der Waals surface area (Å²) in [5.41, 5.74) is 6.60. The Balaban J connectivity index is 2.01. The lowest BCUT2D eigenvalue weighted by molar-refractivity contribution is -0.119. The lowest BCUT2D eigenvalue weighted by Crippen LogP contribution is -2.43. The van der Waals surface area contributed by atoms with Crippen LogP contribution in [0.2, 0.25) is 0 Å². The van der Waals surface area contributed by atoms with Crippen molar-refractivity contribution in [2.45, 2.75) is 25.5 Å². The quantitative estimate of drug-likeness (QED) is 0.864. The molecule has 7 heteroatoms. The number of hydrogen-bond acceptors (Lipinski definition) is 6. The molecule has 122 valence electrons. The number of rotatable bonds is 2. The predicted molar refractivity (Wildman–Crippen MR) is 84.1 cm³/mol. The van der Waals surface area contributed by atoms with Gasteiger partial charge in [-0.25, -0.2) is 0 Å². The number of hydrogen-bond donors (Lipinski definition) is 2. The molecule has 0 radical (unpaired) electrons. The average molecular weight is 317 g/mol. The topological polar surface area (TPSA) is 102 Å². The van der Waals surface area contributed by atoms with Crippen molar-refractivity contribution >= 4 is 11.6 Å². The minimum absolute atomic E-state index is 0.141. The van der Waals surface area contributed by atoms with E-state index in [0.717, 1.165) is 5.56 Å². The number of fused-ring (bicyclic) bond motifs is 1. The molecule has 0 saturated heterocycles. The lowest BCUT2D eigenvalue weighted by Gasteiger charge is -2.18. The van der Waals surface area contributed by atoms with Crippen LogP contribution in [0.3, 0.4) is 0 Å². The van der Waals surface area contributed by atoms with E-state index >= 15 is 0 Å². The van der Waals surface area contributed by atoms with Gasteiger partial charge in [0.1, 0.15) is 29.7 Å². The molecule has 1 aromatic heterocycles. The van der Waals surface area contributed by atoms with E-state index in [0.29, 0.717) is 22.9 Å². The highest BCUT2D eigenvalue weighted by Gasteiger charge is 2.27. The molecule has 0 saturated carbocycles. The molecule has 23 heavy (non-hydrogen) atoms. The second kappa shape index (κ2) is 5.36. The highest BCUT2D eigenvalue weighted by atomic mass is 16.5. The Hall–Kier alpha value is -2.38. The van der Waals surface area contributed by atoms with Crippen LogP contribution in [-0.4, -0.2) is 35.9 Å². The van der Waals surface area contributed by atoms with Crippen molar-refractivity contribution in [3.8, 4) is 17.0 Å². The van der Waals surface area contributed by atoms with Gasteiger partial charge in [0.2, 0.25) is 5.91 Å². The van der Waals surface area contributed by atoms with Crippen molar-refractivity contribution in [1.82, 2.24) is 5.16 Å². The van der Waals surface area contributed by atoms with Crippen LogP contribution in [0.1, 0.15) is 19.6 Å². The molecule has 3 N–H and O–H groups in total. The van der Waals surface area contributed by atoms with Crippen LogP contribution in [0.15, 0.2) is 28.8 Å². The van der Waals surface area contributed by atoms with Crippen LogP contribution >= 0.6 is 0 Å². The first-order valence-corrected chi connectivity index (χ1v) is 7.27. The third-order valence-corrected chi connectivity index (χ3v) is 3.80. The van der Waals surface area contributed by atoms with Crippen molar-refractivity contribution in [2.75, 3.05) is 18.6 Å². The number of amides is 1. The van der Waals surface area contributed by atoms with Crippen LogP contribution in [0.25, 0.3) is 11.3 Å². The minimum Gasteiger partial charge on any atom is -0.489 e. The maximum Gasteiger partial charge on any atom is 0.247 e. The Labute approximate surface area is 133 Å². The SMILES string of the molecule is CN1C(=O)[C@@H](N)COc2ccc(-c3cc(C(C)(C)O)on3)cc21. The first-order chi connectivity index (χ1) is 10.8. The normalized spacial score (nSPS) is 18.4. The van der Waals surface area contributed by atoms with Gasteiger partial charge in [0.25, 0.3) is 0 Å². The second-order valence-electron chi connectivity index (χ2n) is 6.13. The number of aromatic nitrogens is 1. The van der Waals surface area contributed by atoms with Crippen molar-refractivity contribution in [2.24, 2.45) is 5.73 Å². The summed E-state index contributed by atoms with van der Waals surface area (Å²) < 4.78 is 10.8. The monoisotopic (exact) mass is 317 g/mol. The number of ether oxygens (including phenoxy) is 1.